The fraction of sp³-hybridized carbons (Fsp3) is 0.0833. The molecule has 1 aromatic heterocycles. The summed E-state index contributed by atoms with van der Waals surface area (Å²) in [5, 5.41) is -0.241. The average Bonchev–Trinajstić information content (AvgIpc) is 2.41. The maximum Gasteiger partial charge on any atom is 0.243 e. The Morgan fingerprint density at radius 1 is 1.33 bits per heavy atom. The molecule has 0 aliphatic rings. The molecule has 2 rings (SSSR count). The molecule has 0 saturated heterocycles. The van der Waals surface area contributed by atoms with Gasteiger partial charge in [-0.3, -0.25) is 4.79 Å². The third-order valence-corrected chi connectivity index (χ3v) is 2.65. The van der Waals surface area contributed by atoms with E-state index in [0.29, 0.717) is 0 Å². The molecule has 0 bridgehead atoms. The van der Waals surface area contributed by atoms with Crippen molar-refractivity contribution < 1.29 is 13.9 Å². The summed E-state index contributed by atoms with van der Waals surface area (Å²) in [5.74, 6) is -1.13. The number of benzene rings is 1. The maximum absolute atomic E-state index is 13.3. The molecule has 0 N–H and O–H groups in total. The zero-order valence-corrected chi connectivity index (χ0v) is 10.1. The van der Waals surface area contributed by atoms with Crippen molar-refractivity contribution in [3.8, 4) is 5.88 Å². The Labute approximate surface area is 107 Å². The third-order valence-electron chi connectivity index (χ3n) is 2.27. The Kier molecular flexibility index (Phi) is 3.53. The van der Waals surface area contributed by atoms with Crippen LogP contribution >= 0.6 is 11.6 Å². The molecule has 0 amide bonds. The minimum absolute atomic E-state index is 0.00694. The highest BCUT2D eigenvalue weighted by Crippen LogP contribution is 2.24. The Balaban J connectivity index is 2.52. The van der Waals surface area contributed by atoms with E-state index < -0.39 is 11.6 Å². The van der Waals surface area contributed by atoms with Crippen molar-refractivity contribution in [3.63, 3.8) is 0 Å². The lowest BCUT2D eigenvalue weighted by Crippen LogP contribution is -2.08. The topological polar surface area (TPSA) is 52.1 Å². The highest BCUT2D eigenvalue weighted by molar-refractivity contribution is 6.35. The Morgan fingerprint density at radius 3 is 2.78 bits per heavy atom. The van der Waals surface area contributed by atoms with E-state index in [4.69, 9.17) is 16.3 Å². The SMILES string of the molecule is COc1nccnc1C(=O)c1cccc(F)c1Cl. The van der Waals surface area contributed by atoms with Crippen LogP contribution in [0.3, 0.4) is 0 Å². The van der Waals surface area contributed by atoms with Crippen LogP contribution in [0.4, 0.5) is 4.39 Å². The molecule has 0 unspecified atom stereocenters. The minimum Gasteiger partial charge on any atom is -0.479 e. The molecule has 6 heteroatoms. The molecule has 0 atom stereocenters. The number of ketones is 1. The molecular weight excluding hydrogens is 259 g/mol. The first-order valence-corrected chi connectivity index (χ1v) is 5.36. The molecule has 0 radical (unpaired) electrons. The number of rotatable bonds is 3. The fourth-order valence-corrected chi connectivity index (χ4v) is 1.65. The van der Waals surface area contributed by atoms with Crippen molar-refractivity contribution in [1.82, 2.24) is 9.97 Å². The third kappa shape index (κ3) is 2.17. The Morgan fingerprint density at radius 2 is 2.06 bits per heavy atom. The van der Waals surface area contributed by atoms with Gasteiger partial charge in [-0.15, -0.1) is 0 Å². The molecule has 0 saturated carbocycles. The first-order chi connectivity index (χ1) is 8.65. The number of carbonyl (C=O) groups is 1. The fourth-order valence-electron chi connectivity index (χ4n) is 1.44. The molecule has 0 aliphatic heterocycles. The van der Waals surface area contributed by atoms with E-state index in [1.807, 2.05) is 0 Å². The van der Waals surface area contributed by atoms with Crippen LogP contribution < -0.4 is 4.74 Å². The van der Waals surface area contributed by atoms with E-state index in [1.54, 1.807) is 0 Å². The molecule has 2 aromatic rings. The molecule has 1 aromatic carbocycles. The van der Waals surface area contributed by atoms with Crippen LogP contribution in [0.25, 0.3) is 0 Å². The van der Waals surface area contributed by atoms with E-state index in [9.17, 15) is 9.18 Å². The quantitative estimate of drug-likeness (QED) is 0.801. The molecule has 0 spiro atoms. The molecule has 0 aliphatic carbocycles. The lowest BCUT2D eigenvalue weighted by Gasteiger charge is -2.06. The largest absolute Gasteiger partial charge is 0.479 e. The van der Waals surface area contributed by atoms with Gasteiger partial charge in [0.15, 0.2) is 5.69 Å². The number of halogens is 2. The van der Waals surface area contributed by atoms with Crippen molar-refractivity contribution in [2.75, 3.05) is 7.11 Å². The molecule has 1 heterocycles. The van der Waals surface area contributed by atoms with Gasteiger partial charge in [-0.05, 0) is 12.1 Å². The normalized spacial score (nSPS) is 10.2. The lowest BCUT2D eigenvalue weighted by molar-refractivity contribution is 0.103. The Bertz CT molecular complexity index is 604. The summed E-state index contributed by atoms with van der Waals surface area (Å²) in [7, 11) is 1.37. The highest BCUT2D eigenvalue weighted by atomic mass is 35.5. The molecular formula is C12H8ClFN2O2. The monoisotopic (exact) mass is 266 g/mol. The van der Waals surface area contributed by atoms with Gasteiger partial charge in [-0.1, -0.05) is 17.7 Å². The van der Waals surface area contributed by atoms with Crippen LogP contribution in [-0.2, 0) is 0 Å². The summed E-state index contributed by atoms with van der Waals surface area (Å²) in [5.41, 5.74) is 0.0166. The van der Waals surface area contributed by atoms with E-state index in [-0.39, 0.29) is 22.2 Å². The smallest absolute Gasteiger partial charge is 0.243 e. The molecule has 18 heavy (non-hydrogen) atoms. The van der Waals surface area contributed by atoms with Crippen LogP contribution in [-0.4, -0.2) is 22.9 Å². The number of aromatic nitrogens is 2. The van der Waals surface area contributed by atoms with E-state index in [2.05, 4.69) is 9.97 Å². The second-order valence-corrected chi connectivity index (χ2v) is 3.72. The number of hydrogen-bond donors (Lipinski definition) is 0. The van der Waals surface area contributed by atoms with Gasteiger partial charge < -0.3 is 4.74 Å². The van der Waals surface area contributed by atoms with Gasteiger partial charge in [0.1, 0.15) is 5.82 Å². The predicted octanol–water partition coefficient (Wildman–Crippen LogP) is 2.51. The lowest BCUT2D eigenvalue weighted by atomic mass is 10.1. The number of ether oxygens (including phenoxy) is 1. The van der Waals surface area contributed by atoms with Gasteiger partial charge in [-0.25, -0.2) is 14.4 Å². The summed E-state index contributed by atoms with van der Waals surface area (Å²) in [4.78, 5) is 19.9. The summed E-state index contributed by atoms with van der Waals surface area (Å²) in [6, 6.07) is 3.99. The van der Waals surface area contributed by atoms with E-state index in [1.165, 1.54) is 37.7 Å². The van der Waals surface area contributed by atoms with Crippen LogP contribution in [0.15, 0.2) is 30.6 Å². The predicted molar refractivity (Wildman–Crippen MR) is 63.4 cm³/mol. The summed E-state index contributed by atoms with van der Waals surface area (Å²) >= 11 is 5.75. The van der Waals surface area contributed by atoms with Crippen molar-refractivity contribution in [2.45, 2.75) is 0 Å². The maximum atomic E-state index is 13.3. The standard InChI is InChI=1S/C12H8ClFN2O2/c1-18-12-10(15-5-6-16-12)11(17)7-3-2-4-8(14)9(7)13/h2-6H,1H3. The number of nitrogens with zero attached hydrogens (tertiary/aromatic N) is 2. The van der Waals surface area contributed by atoms with Crippen molar-refractivity contribution in [3.05, 3.63) is 52.7 Å². The van der Waals surface area contributed by atoms with Gasteiger partial charge >= 0.3 is 0 Å². The van der Waals surface area contributed by atoms with Gasteiger partial charge in [0.2, 0.25) is 11.7 Å². The molecule has 0 fully saturated rings. The summed E-state index contributed by atoms with van der Waals surface area (Å²) in [6.45, 7) is 0. The second-order valence-electron chi connectivity index (χ2n) is 3.34. The van der Waals surface area contributed by atoms with E-state index >= 15 is 0 Å². The van der Waals surface area contributed by atoms with Crippen molar-refractivity contribution in [1.29, 1.82) is 0 Å². The first kappa shape index (κ1) is 12.4. The zero-order valence-electron chi connectivity index (χ0n) is 9.35. The van der Waals surface area contributed by atoms with Crippen molar-refractivity contribution >= 4 is 17.4 Å². The summed E-state index contributed by atoms with van der Waals surface area (Å²) in [6.07, 6.45) is 2.74. The summed E-state index contributed by atoms with van der Waals surface area (Å²) < 4.78 is 18.2. The molecule has 4 nitrogen and oxygen atoms in total. The minimum atomic E-state index is -0.662. The number of hydrogen-bond acceptors (Lipinski definition) is 4. The first-order valence-electron chi connectivity index (χ1n) is 4.99. The zero-order chi connectivity index (χ0) is 13.1. The number of carbonyl (C=O) groups excluding carboxylic acids is 1. The van der Waals surface area contributed by atoms with Gasteiger partial charge in [0.25, 0.3) is 0 Å². The average molecular weight is 267 g/mol. The molecule has 92 valence electrons. The van der Waals surface area contributed by atoms with Crippen LogP contribution in [0, 0.1) is 5.82 Å². The van der Waals surface area contributed by atoms with Crippen LogP contribution in [0.1, 0.15) is 16.1 Å². The van der Waals surface area contributed by atoms with Gasteiger partial charge in [-0.2, -0.15) is 0 Å². The van der Waals surface area contributed by atoms with Crippen LogP contribution in [0.2, 0.25) is 5.02 Å². The Hall–Kier alpha value is -2.01. The van der Waals surface area contributed by atoms with Crippen molar-refractivity contribution in [2.24, 2.45) is 0 Å². The second kappa shape index (κ2) is 5.10. The van der Waals surface area contributed by atoms with Gasteiger partial charge in [0.05, 0.1) is 12.1 Å². The van der Waals surface area contributed by atoms with Crippen LogP contribution in [0.5, 0.6) is 5.88 Å². The number of methoxy groups -OCH3 is 1. The van der Waals surface area contributed by atoms with Gasteiger partial charge in [0, 0.05) is 18.0 Å². The van der Waals surface area contributed by atoms with E-state index in [0.717, 1.165) is 0 Å². The highest BCUT2D eigenvalue weighted by Gasteiger charge is 2.20.